The Balaban J connectivity index is 1.59. The second-order valence-electron chi connectivity index (χ2n) is 7.49. The molecular formula is C24H23N5O2. The van der Waals surface area contributed by atoms with Crippen molar-refractivity contribution < 1.29 is 9.59 Å². The summed E-state index contributed by atoms with van der Waals surface area (Å²) in [5.74, 6) is -0.712. The SMILES string of the molecule is CC(C)n1ncc2cc(C(=O)NC(C(=O)Nc3ccccc3)c3ccccc3)cnc21. The molecule has 1 unspecified atom stereocenters. The van der Waals surface area contributed by atoms with E-state index in [1.165, 1.54) is 6.20 Å². The van der Waals surface area contributed by atoms with Gasteiger partial charge in [0.2, 0.25) is 0 Å². The Labute approximate surface area is 180 Å². The number of carbonyl (C=O) groups is 2. The van der Waals surface area contributed by atoms with Gasteiger partial charge in [-0.2, -0.15) is 5.10 Å². The summed E-state index contributed by atoms with van der Waals surface area (Å²) in [5, 5.41) is 10.8. The second kappa shape index (κ2) is 8.79. The molecule has 4 rings (SSSR count). The second-order valence-corrected chi connectivity index (χ2v) is 7.49. The van der Waals surface area contributed by atoms with E-state index in [4.69, 9.17) is 0 Å². The highest BCUT2D eigenvalue weighted by molar-refractivity contribution is 6.02. The number of anilines is 1. The molecule has 0 fully saturated rings. The monoisotopic (exact) mass is 413 g/mol. The van der Waals surface area contributed by atoms with E-state index < -0.39 is 6.04 Å². The normalized spacial score (nSPS) is 12.0. The summed E-state index contributed by atoms with van der Waals surface area (Å²) in [6.07, 6.45) is 3.20. The van der Waals surface area contributed by atoms with Crippen LogP contribution in [-0.2, 0) is 4.79 Å². The first-order chi connectivity index (χ1) is 15.0. The van der Waals surface area contributed by atoms with Crippen molar-refractivity contribution >= 4 is 28.5 Å². The average Bonchev–Trinajstić information content (AvgIpc) is 3.22. The lowest BCUT2D eigenvalue weighted by Gasteiger charge is -2.19. The number of benzene rings is 2. The van der Waals surface area contributed by atoms with Crippen molar-refractivity contribution in [1.82, 2.24) is 20.1 Å². The number of hydrogen-bond acceptors (Lipinski definition) is 4. The van der Waals surface area contributed by atoms with E-state index >= 15 is 0 Å². The van der Waals surface area contributed by atoms with Gasteiger partial charge < -0.3 is 10.6 Å². The Bertz CT molecular complexity index is 1200. The van der Waals surface area contributed by atoms with Crippen LogP contribution in [0.1, 0.15) is 41.9 Å². The first-order valence-corrected chi connectivity index (χ1v) is 10.1. The Morgan fingerprint density at radius 1 is 0.935 bits per heavy atom. The first-order valence-electron chi connectivity index (χ1n) is 10.1. The summed E-state index contributed by atoms with van der Waals surface area (Å²) in [7, 11) is 0. The number of amides is 2. The first kappa shape index (κ1) is 20.3. The van der Waals surface area contributed by atoms with Crippen LogP contribution in [0.15, 0.2) is 79.1 Å². The molecular weight excluding hydrogens is 390 g/mol. The summed E-state index contributed by atoms with van der Waals surface area (Å²) in [5.41, 5.74) is 2.43. The van der Waals surface area contributed by atoms with Gasteiger partial charge in [-0.3, -0.25) is 9.59 Å². The molecule has 0 bridgehead atoms. The highest BCUT2D eigenvalue weighted by atomic mass is 16.2. The molecule has 2 amide bonds. The highest BCUT2D eigenvalue weighted by Crippen LogP contribution is 2.19. The van der Waals surface area contributed by atoms with Crippen LogP contribution in [0, 0.1) is 0 Å². The van der Waals surface area contributed by atoms with Gasteiger partial charge in [0.15, 0.2) is 5.65 Å². The molecule has 0 spiro atoms. The maximum atomic E-state index is 13.0. The van der Waals surface area contributed by atoms with E-state index in [9.17, 15) is 9.59 Å². The van der Waals surface area contributed by atoms with Gasteiger partial charge in [-0.05, 0) is 37.6 Å². The molecule has 156 valence electrons. The minimum Gasteiger partial charge on any atom is -0.336 e. The summed E-state index contributed by atoms with van der Waals surface area (Å²) < 4.78 is 1.80. The third-order valence-corrected chi connectivity index (χ3v) is 4.90. The van der Waals surface area contributed by atoms with E-state index in [2.05, 4.69) is 20.7 Å². The fourth-order valence-electron chi connectivity index (χ4n) is 3.34. The van der Waals surface area contributed by atoms with Crippen molar-refractivity contribution in [3.8, 4) is 0 Å². The van der Waals surface area contributed by atoms with Gasteiger partial charge in [-0.15, -0.1) is 0 Å². The summed E-state index contributed by atoms with van der Waals surface area (Å²) >= 11 is 0. The van der Waals surface area contributed by atoms with E-state index in [0.29, 0.717) is 22.5 Å². The number of pyridine rings is 1. The molecule has 0 aliphatic carbocycles. The Kier molecular flexibility index (Phi) is 5.75. The van der Waals surface area contributed by atoms with Gasteiger partial charge in [-0.25, -0.2) is 9.67 Å². The van der Waals surface area contributed by atoms with Gasteiger partial charge in [0.05, 0.1) is 11.8 Å². The van der Waals surface area contributed by atoms with Crippen molar-refractivity contribution in [2.75, 3.05) is 5.32 Å². The van der Waals surface area contributed by atoms with Crippen LogP contribution in [0.5, 0.6) is 0 Å². The molecule has 31 heavy (non-hydrogen) atoms. The molecule has 0 aliphatic rings. The number of nitrogens with zero attached hydrogens (tertiary/aromatic N) is 3. The van der Waals surface area contributed by atoms with Crippen molar-refractivity contribution in [2.45, 2.75) is 25.9 Å². The van der Waals surface area contributed by atoms with Crippen molar-refractivity contribution in [2.24, 2.45) is 0 Å². The number of fused-ring (bicyclic) bond motifs is 1. The van der Waals surface area contributed by atoms with Crippen LogP contribution < -0.4 is 10.6 Å². The largest absolute Gasteiger partial charge is 0.336 e. The smallest absolute Gasteiger partial charge is 0.253 e. The number of aromatic nitrogens is 3. The Morgan fingerprint density at radius 3 is 2.29 bits per heavy atom. The van der Waals surface area contributed by atoms with Crippen LogP contribution in [0.4, 0.5) is 5.69 Å². The van der Waals surface area contributed by atoms with E-state index in [1.807, 2.05) is 62.4 Å². The van der Waals surface area contributed by atoms with E-state index in [-0.39, 0.29) is 17.9 Å². The number of nitrogens with one attached hydrogen (secondary N) is 2. The zero-order chi connectivity index (χ0) is 21.8. The predicted octanol–water partition coefficient (Wildman–Crippen LogP) is 4.12. The van der Waals surface area contributed by atoms with Gasteiger partial charge in [0.25, 0.3) is 11.8 Å². The lowest BCUT2D eigenvalue weighted by molar-refractivity contribution is -0.118. The topological polar surface area (TPSA) is 88.9 Å². The van der Waals surface area contributed by atoms with Crippen LogP contribution in [-0.4, -0.2) is 26.6 Å². The zero-order valence-corrected chi connectivity index (χ0v) is 17.3. The maximum Gasteiger partial charge on any atom is 0.253 e. The Hall–Kier alpha value is -4.00. The van der Waals surface area contributed by atoms with Gasteiger partial charge >= 0.3 is 0 Å². The molecule has 0 aliphatic heterocycles. The molecule has 0 radical (unpaired) electrons. The third-order valence-electron chi connectivity index (χ3n) is 4.90. The summed E-state index contributed by atoms with van der Waals surface area (Å²) in [6.45, 7) is 4.04. The number of carbonyl (C=O) groups excluding carboxylic acids is 2. The van der Waals surface area contributed by atoms with E-state index in [1.54, 1.807) is 29.1 Å². The lowest BCUT2D eigenvalue weighted by atomic mass is 10.1. The van der Waals surface area contributed by atoms with Crippen LogP contribution >= 0.6 is 0 Å². The average molecular weight is 413 g/mol. The molecule has 2 aromatic heterocycles. The molecule has 0 saturated carbocycles. The fourth-order valence-corrected chi connectivity index (χ4v) is 3.34. The summed E-state index contributed by atoms with van der Waals surface area (Å²) in [6, 6.07) is 19.3. The van der Waals surface area contributed by atoms with Crippen LogP contribution in [0.3, 0.4) is 0 Å². The van der Waals surface area contributed by atoms with Crippen LogP contribution in [0.2, 0.25) is 0 Å². The molecule has 7 nitrogen and oxygen atoms in total. The minimum absolute atomic E-state index is 0.161. The van der Waals surface area contributed by atoms with Crippen LogP contribution in [0.25, 0.3) is 11.0 Å². The number of hydrogen-bond donors (Lipinski definition) is 2. The third kappa shape index (κ3) is 4.45. The molecule has 2 N–H and O–H groups in total. The van der Waals surface area contributed by atoms with Gasteiger partial charge in [0, 0.05) is 23.3 Å². The van der Waals surface area contributed by atoms with Crippen molar-refractivity contribution in [3.05, 3.63) is 90.3 Å². The number of para-hydroxylation sites is 1. The minimum atomic E-state index is -0.858. The van der Waals surface area contributed by atoms with Gasteiger partial charge in [0.1, 0.15) is 6.04 Å². The highest BCUT2D eigenvalue weighted by Gasteiger charge is 2.24. The fraction of sp³-hybridized carbons (Fsp3) is 0.167. The van der Waals surface area contributed by atoms with Gasteiger partial charge in [-0.1, -0.05) is 48.5 Å². The predicted molar refractivity (Wildman–Crippen MR) is 120 cm³/mol. The maximum absolute atomic E-state index is 13.0. The molecule has 7 heteroatoms. The number of rotatable bonds is 6. The summed E-state index contributed by atoms with van der Waals surface area (Å²) in [4.78, 5) is 30.4. The van der Waals surface area contributed by atoms with E-state index in [0.717, 1.165) is 5.39 Å². The van der Waals surface area contributed by atoms with Crippen molar-refractivity contribution in [1.29, 1.82) is 0 Å². The molecule has 4 aromatic rings. The Morgan fingerprint density at radius 2 is 1.61 bits per heavy atom. The van der Waals surface area contributed by atoms with Crippen molar-refractivity contribution in [3.63, 3.8) is 0 Å². The zero-order valence-electron chi connectivity index (χ0n) is 17.3. The molecule has 1 atom stereocenters. The lowest BCUT2D eigenvalue weighted by Crippen LogP contribution is -2.37. The standard InChI is InChI=1S/C24H23N5O2/c1-16(2)29-22-18(15-26-29)13-19(14-25-22)23(30)28-21(17-9-5-3-6-10-17)24(31)27-20-11-7-4-8-12-20/h3-16,21H,1-2H3,(H,27,31)(H,28,30). The quantitative estimate of drug-likeness (QED) is 0.498. The molecule has 0 saturated heterocycles. The molecule has 2 aromatic carbocycles. The molecule has 2 heterocycles.